The number of rotatable bonds is 4. The van der Waals surface area contributed by atoms with Crippen LogP contribution in [0.25, 0.3) is 22.2 Å². The molecule has 2 heterocycles. The maximum Gasteiger partial charge on any atom is 0.327 e. The molecular formula is C26H23NO3. The van der Waals surface area contributed by atoms with E-state index in [1.807, 2.05) is 54.6 Å². The van der Waals surface area contributed by atoms with Crippen molar-refractivity contribution in [3.63, 3.8) is 0 Å². The Morgan fingerprint density at radius 3 is 2.63 bits per heavy atom. The largest absolute Gasteiger partial charge is 0.439 e. The van der Waals surface area contributed by atoms with E-state index < -0.39 is 5.97 Å². The summed E-state index contributed by atoms with van der Waals surface area (Å²) in [6.07, 6.45) is 1.30. The number of hydrogen-bond acceptors (Lipinski definition) is 4. The van der Waals surface area contributed by atoms with Crippen molar-refractivity contribution in [1.29, 1.82) is 0 Å². The molecule has 3 aromatic carbocycles. The molecule has 0 amide bonds. The molecule has 0 bridgehead atoms. The molecule has 4 aromatic rings. The highest BCUT2D eigenvalue weighted by atomic mass is 16.8. The van der Waals surface area contributed by atoms with E-state index in [0.717, 1.165) is 33.3 Å². The molecule has 2 atom stereocenters. The number of hydrogen-bond donors (Lipinski definition) is 1. The summed E-state index contributed by atoms with van der Waals surface area (Å²) in [6, 6.07) is 28.3. The monoisotopic (exact) mass is 397 g/mol. The van der Waals surface area contributed by atoms with Gasteiger partial charge in [0, 0.05) is 18.1 Å². The minimum Gasteiger partial charge on any atom is -0.439 e. The Balaban J connectivity index is 1.49. The van der Waals surface area contributed by atoms with E-state index in [-0.39, 0.29) is 5.92 Å². The van der Waals surface area contributed by atoms with Crippen LogP contribution in [0.4, 0.5) is 0 Å². The second kappa shape index (κ2) is 7.56. The van der Waals surface area contributed by atoms with Gasteiger partial charge in [0.25, 0.3) is 0 Å². The lowest BCUT2D eigenvalue weighted by Crippen LogP contribution is -2.50. The van der Waals surface area contributed by atoms with Gasteiger partial charge in [0.1, 0.15) is 5.75 Å². The van der Waals surface area contributed by atoms with E-state index in [9.17, 15) is 5.11 Å². The Morgan fingerprint density at radius 2 is 1.80 bits per heavy atom. The van der Waals surface area contributed by atoms with Gasteiger partial charge in [0.15, 0.2) is 0 Å². The normalized spacial score (nSPS) is 20.5. The summed E-state index contributed by atoms with van der Waals surface area (Å²) in [6.45, 7) is 0. The van der Waals surface area contributed by atoms with Crippen LogP contribution in [0.15, 0.2) is 84.9 Å². The average Bonchev–Trinajstić information content (AvgIpc) is 2.80. The predicted octanol–water partition coefficient (Wildman–Crippen LogP) is 4.99. The average molecular weight is 397 g/mol. The van der Waals surface area contributed by atoms with Gasteiger partial charge < -0.3 is 14.6 Å². The fraction of sp³-hybridized carbons (Fsp3) is 0.192. The minimum absolute atomic E-state index is 0.225. The molecule has 0 spiro atoms. The third-order valence-electron chi connectivity index (χ3n) is 5.81. The van der Waals surface area contributed by atoms with E-state index in [0.29, 0.717) is 18.6 Å². The molecule has 0 fully saturated rings. The molecule has 1 unspecified atom stereocenters. The third kappa shape index (κ3) is 3.45. The van der Waals surface area contributed by atoms with Gasteiger partial charge in [-0.05, 0) is 54.3 Å². The first-order valence-corrected chi connectivity index (χ1v) is 10.1. The molecular weight excluding hydrogens is 374 g/mol. The predicted molar refractivity (Wildman–Crippen MR) is 117 cm³/mol. The van der Waals surface area contributed by atoms with Gasteiger partial charge >= 0.3 is 5.97 Å². The van der Waals surface area contributed by atoms with E-state index >= 15 is 0 Å². The number of pyridine rings is 1. The van der Waals surface area contributed by atoms with Crippen molar-refractivity contribution in [1.82, 2.24) is 4.98 Å². The Labute approximate surface area is 175 Å². The zero-order valence-corrected chi connectivity index (χ0v) is 16.8. The molecule has 1 aliphatic rings. The van der Waals surface area contributed by atoms with Crippen molar-refractivity contribution in [2.45, 2.75) is 18.8 Å². The van der Waals surface area contributed by atoms with Crippen molar-refractivity contribution in [2.24, 2.45) is 5.92 Å². The minimum atomic E-state index is -1.65. The summed E-state index contributed by atoms with van der Waals surface area (Å²) < 4.78 is 11.3. The van der Waals surface area contributed by atoms with Crippen molar-refractivity contribution < 1.29 is 14.6 Å². The molecule has 1 N–H and O–H groups in total. The van der Waals surface area contributed by atoms with Gasteiger partial charge in [0.05, 0.1) is 17.1 Å². The third-order valence-corrected chi connectivity index (χ3v) is 5.81. The van der Waals surface area contributed by atoms with Crippen molar-refractivity contribution in [2.75, 3.05) is 7.11 Å². The summed E-state index contributed by atoms with van der Waals surface area (Å²) >= 11 is 0. The smallest absolute Gasteiger partial charge is 0.327 e. The molecule has 1 aromatic heterocycles. The van der Waals surface area contributed by atoms with Gasteiger partial charge in [-0.25, -0.2) is 4.98 Å². The number of para-hydroxylation sites is 1. The second-order valence-corrected chi connectivity index (χ2v) is 7.74. The van der Waals surface area contributed by atoms with Crippen LogP contribution >= 0.6 is 0 Å². The summed E-state index contributed by atoms with van der Waals surface area (Å²) in [5.74, 6) is -1.23. The lowest BCUT2D eigenvalue weighted by molar-refractivity contribution is -0.342. The van der Waals surface area contributed by atoms with Gasteiger partial charge in [-0.2, -0.15) is 0 Å². The Hall–Kier alpha value is -3.21. The maximum absolute atomic E-state index is 11.0. The fourth-order valence-corrected chi connectivity index (χ4v) is 4.17. The SMILES string of the molecule is COC1(O)Oc2ccc(-c3ccc4ccccc4n3)cc2C[C@@H]1Cc1ccccc1. The van der Waals surface area contributed by atoms with Crippen LogP contribution in [0.3, 0.4) is 0 Å². The highest BCUT2D eigenvalue weighted by Gasteiger charge is 2.44. The zero-order valence-electron chi connectivity index (χ0n) is 16.8. The van der Waals surface area contributed by atoms with Crippen LogP contribution < -0.4 is 4.74 Å². The number of fused-ring (bicyclic) bond motifs is 2. The Kier molecular flexibility index (Phi) is 4.74. The van der Waals surface area contributed by atoms with Crippen LogP contribution in [0.5, 0.6) is 5.75 Å². The second-order valence-electron chi connectivity index (χ2n) is 7.74. The van der Waals surface area contributed by atoms with Crippen LogP contribution in [-0.2, 0) is 17.6 Å². The summed E-state index contributed by atoms with van der Waals surface area (Å²) in [5, 5.41) is 12.1. The molecule has 30 heavy (non-hydrogen) atoms. The summed E-state index contributed by atoms with van der Waals surface area (Å²) in [7, 11) is 1.48. The first-order chi connectivity index (χ1) is 14.6. The van der Waals surface area contributed by atoms with Crippen molar-refractivity contribution >= 4 is 10.9 Å². The highest BCUT2D eigenvalue weighted by molar-refractivity contribution is 5.81. The number of aliphatic hydroxyl groups is 1. The Morgan fingerprint density at radius 1 is 1.00 bits per heavy atom. The van der Waals surface area contributed by atoms with E-state index in [1.165, 1.54) is 7.11 Å². The number of ether oxygens (including phenoxy) is 2. The molecule has 0 aliphatic carbocycles. The molecule has 0 radical (unpaired) electrons. The van der Waals surface area contributed by atoms with Gasteiger partial charge in [-0.3, -0.25) is 0 Å². The molecule has 4 heteroatoms. The molecule has 150 valence electrons. The molecule has 4 nitrogen and oxygen atoms in total. The molecule has 1 aliphatic heterocycles. The van der Waals surface area contributed by atoms with Crippen LogP contribution in [0, 0.1) is 5.92 Å². The molecule has 5 rings (SSSR count). The fourth-order valence-electron chi connectivity index (χ4n) is 4.17. The first kappa shape index (κ1) is 18.8. The Bertz CT molecular complexity index is 1190. The van der Waals surface area contributed by atoms with Crippen molar-refractivity contribution in [3.8, 4) is 17.0 Å². The lowest BCUT2D eigenvalue weighted by Gasteiger charge is -2.39. The molecule has 0 saturated heterocycles. The van der Waals surface area contributed by atoms with Gasteiger partial charge in [-0.1, -0.05) is 54.6 Å². The number of aromatic nitrogens is 1. The summed E-state index contributed by atoms with van der Waals surface area (Å²) in [5.41, 5.74) is 5.11. The maximum atomic E-state index is 11.0. The van der Waals surface area contributed by atoms with Crippen LogP contribution in [0.1, 0.15) is 11.1 Å². The standard InChI is InChI=1S/C26H23NO3/c1-29-26(28)22(15-18-7-3-2-4-8-18)17-21-16-20(12-14-25(21)30-26)24-13-11-19-9-5-6-10-23(19)27-24/h2-14,16,22,28H,15,17H2,1H3/t22-,26?/m0/s1. The topological polar surface area (TPSA) is 51.6 Å². The van der Waals surface area contributed by atoms with E-state index in [4.69, 9.17) is 14.5 Å². The van der Waals surface area contributed by atoms with Gasteiger partial charge in [-0.15, -0.1) is 0 Å². The number of benzene rings is 3. The number of methoxy groups -OCH3 is 1. The quantitative estimate of drug-likeness (QED) is 0.493. The van der Waals surface area contributed by atoms with Crippen molar-refractivity contribution in [3.05, 3.63) is 96.1 Å². The number of nitrogens with zero attached hydrogens (tertiary/aromatic N) is 1. The highest BCUT2D eigenvalue weighted by Crippen LogP contribution is 2.39. The van der Waals surface area contributed by atoms with Gasteiger partial charge in [0.2, 0.25) is 0 Å². The first-order valence-electron chi connectivity index (χ1n) is 10.1. The van der Waals surface area contributed by atoms with Crippen LogP contribution in [0.2, 0.25) is 0 Å². The zero-order chi connectivity index (χ0) is 20.6. The summed E-state index contributed by atoms with van der Waals surface area (Å²) in [4.78, 5) is 4.81. The lowest BCUT2D eigenvalue weighted by atomic mass is 9.87. The van der Waals surface area contributed by atoms with E-state index in [1.54, 1.807) is 0 Å². The molecule has 0 saturated carbocycles. The van der Waals surface area contributed by atoms with E-state index in [2.05, 4.69) is 30.3 Å². The van der Waals surface area contributed by atoms with Crippen LogP contribution in [-0.4, -0.2) is 23.2 Å².